The molecule has 0 aliphatic heterocycles. The number of benzene rings is 1. The maximum absolute atomic E-state index is 9.91. The minimum atomic E-state index is -0.721. The van der Waals surface area contributed by atoms with Crippen molar-refractivity contribution in [2.45, 2.75) is 16.4 Å². The molecule has 0 saturated heterocycles. The van der Waals surface area contributed by atoms with E-state index in [0.29, 0.717) is 5.56 Å². The third-order valence-electron chi connectivity index (χ3n) is 2.37. The molecule has 0 saturated carbocycles. The molecule has 2 nitrogen and oxygen atoms in total. The summed E-state index contributed by atoms with van der Waals surface area (Å²) in [5.74, 6) is 0. The Balaban J connectivity index is 2.54. The highest BCUT2D eigenvalue weighted by Gasteiger charge is 2.33. The molecule has 0 bridgehead atoms. The molecule has 1 atom stereocenters. The second kappa shape index (κ2) is 2.96. The number of aliphatic hydroxyl groups is 1. The Morgan fingerprint density at radius 1 is 1.54 bits per heavy atom. The first kappa shape index (κ1) is 8.97. The first-order valence-electron chi connectivity index (χ1n) is 4.08. The lowest BCUT2D eigenvalue weighted by atomic mass is 10.1. The van der Waals surface area contributed by atoms with Gasteiger partial charge in [-0.15, -0.1) is 0 Å². The Morgan fingerprint density at radius 2 is 2.31 bits per heavy atom. The Kier molecular flexibility index (Phi) is 2.05. The molecule has 2 rings (SSSR count). The molecule has 1 aliphatic rings. The summed E-state index contributed by atoms with van der Waals surface area (Å²) >= 11 is 2.05. The summed E-state index contributed by atoms with van der Waals surface area (Å²) in [4.78, 5) is 0. The zero-order valence-corrected chi connectivity index (χ0v) is 9.08. The van der Waals surface area contributed by atoms with Crippen molar-refractivity contribution in [3.8, 4) is 6.07 Å². The lowest BCUT2D eigenvalue weighted by Gasteiger charge is -2.14. The SMILES string of the molecule is N#Cc1ccc2c(c1)CCC2(O)I. The van der Waals surface area contributed by atoms with E-state index in [4.69, 9.17) is 5.26 Å². The highest BCUT2D eigenvalue weighted by atomic mass is 127. The van der Waals surface area contributed by atoms with E-state index < -0.39 is 3.61 Å². The minimum Gasteiger partial charge on any atom is -0.375 e. The number of nitrogens with zero attached hydrogens (tertiary/aromatic N) is 1. The van der Waals surface area contributed by atoms with Crippen molar-refractivity contribution in [1.82, 2.24) is 0 Å². The van der Waals surface area contributed by atoms with Crippen LogP contribution >= 0.6 is 22.6 Å². The van der Waals surface area contributed by atoms with Gasteiger partial charge in [-0.1, -0.05) is 6.07 Å². The molecular weight excluding hydrogens is 277 g/mol. The van der Waals surface area contributed by atoms with Gasteiger partial charge in [-0.3, -0.25) is 0 Å². The van der Waals surface area contributed by atoms with Crippen LogP contribution in [0.3, 0.4) is 0 Å². The number of fused-ring (bicyclic) bond motifs is 1. The fourth-order valence-corrected chi connectivity index (χ4v) is 2.47. The van der Waals surface area contributed by atoms with E-state index in [1.165, 1.54) is 0 Å². The Hall–Kier alpha value is -0.600. The fraction of sp³-hybridized carbons (Fsp3) is 0.300. The van der Waals surface area contributed by atoms with Crippen molar-refractivity contribution in [2.24, 2.45) is 0 Å². The molecule has 1 unspecified atom stereocenters. The molecule has 1 aliphatic carbocycles. The lowest BCUT2D eigenvalue weighted by molar-refractivity contribution is 0.159. The molecule has 1 aromatic rings. The summed E-state index contributed by atoms with van der Waals surface area (Å²) < 4.78 is -0.721. The molecular formula is C10H8INO. The van der Waals surface area contributed by atoms with Crippen LogP contribution in [0.15, 0.2) is 18.2 Å². The van der Waals surface area contributed by atoms with Gasteiger partial charge in [0.1, 0.15) is 3.61 Å². The molecule has 0 radical (unpaired) electrons. The molecule has 0 aromatic heterocycles. The third-order valence-corrected chi connectivity index (χ3v) is 3.49. The van der Waals surface area contributed by atoms with Gasteiger partial charge in [0.25, 0.3) is 0 Å². The highest BCUT2D eigenvalue weighted by molar-refractivity contribution is 14.1. The minimum absolute atomic E-state index is 0.674. The smallest absolute Gasteiger partial charge is 0.141 e. The molecule has 1 N–H and O–H groups in total. The van der Waals surface area contributed by atoms with Crippen LogP contribution in [0.25, 0.3) is 0 Å². The summed E-state index contributed by atoms with van der Waals surface area (Å²) in [6.07, 6.45) is 1.61. The van der Waals surface area contributed by atoms with E-state index in [9.17, 15) is 5.11 Å². The molecule has 0 fully saturated rings. The number of nitriles is 1. The standard InChI is InChI=1S/C10H8INO/c11-10(13)4-3-8-5-7(6-12)1-2-9(8)10/h1-2,5,13H,3-4H2. The fourth-order valence-electron chi connectivity index (χ4n) is 1.68. The van der Waals surface area contributed by atoms with E-state index in [1.807, 2.05) is 12.1 Å². The second-order valence-corrected chi connectivity index (χ2v) is 5.03. The van der Waals surface area contributed by atoms with E-state index in [0.717, 1.165) is 24.0 Å². The van der Waals surface area contributed by atoms with Gasteiger partial charge >= 0.3 is 0 Å². The normalized spacial score (nSPS) is 25.3. The first-order valence-corrected chi connectivity index (χ1v) is 5.16. The van der Waals surface area contributed by atoms with E-state index >= 15 is 0 Å². The molecule has 0 amide bonds. The quantitative estimate of drug-likeness (QED) is 0.586. The zero-order valence-electron chi connectivity index (χ0n) is 6.92. The van der Waals surface area contributed by atoms with Gasteiger partial charge in [-0.25, -0.2) is 0 Å². The van der Waals surface area contributed by atoms with Gasteiger partial charge in [0.2, 0.25) is 0 Å². The van der Waals surface area contributed by atoms with Crippen molar-refractivity contribution < 1.29 is 5.11 Å². The Morgan fingerprint density at radius 3 is 3.00 bits per heavy atom. The summed E-state index contributed by atoms with van der Waals surface area (Å²) in [5.41, 5.74) is 2.75. The van der Waals surface area contributed by atoms with Crippen molar-refractivity contribution in [3.05, 3.63) is 34.9 Å². The van der Waals surface area contributed by atoms with Gasteiger partial charge in [0, 0.05) is 0 Å². The number of hydrogen-bond acceptors (Lipinski definition) is 2. The average molecular weight is 285 g/mol. The van der Waals surface area contributed by atoms with Crippen LogP contribution in [0, 0.1) is 11.3 Å². The molecule has 66 valence electrons. The predicted octanol–water partition coefficient (Wildman–Crippen LogP) is 2.08. The van der Waals surface area contributed by atoms with Crippen molar-refractivity contribution in [1.29, 1.82) is 5.26 Å². The van der Waals surface area contributed by atoms with E-state index in [-0.39, 0.29) is 0 Å². The van der Waals surface area contributed by atoms with E-state index in [1.54, 1.807) is 6.07 Å². The molecule has 0 heterocycles. The Bertz CT molecular complexity index is 392. The maximum atomic E-state index is 9.91. The Labute approximate surface area is 90.3 Å². The van der Waals surface area contributed by atoms with Crippen LogP contribution in [-0.2, 0) is 10.0 Å². The third kappa shape index (κ3) is 1.45. The maximum Gasteiger partial charge on any atom is 0.141 e. The van der Waals surface area contributed by atoms with E-state index in [2.05, 4.69) is 28.7 Å². The first-order chi connectivity index (χ1) is 6.13. The summed E-state index contributed by atoms with van der Waals surface area (Å²) in [6.45, 7) is 0. The van der Waals surface area contributed by atoms with Gasteiger partial charge in [0.05, 0.1) is 11.6 Å². The van der Waals surface area contributed by atoms with Gasteiger partial charge in [0.15, 0.2) is 0 Å². The second-order valence-electron chi connectivity index (χ2n) is 3.24. The van der Waals surface area contributed by atoms with Gasteiger partial charge < -0.3 is 5.11 Å². The van der Waals surface area contributed by atoms with Crippen LogP contribution in [0.5, 0.6) is 0 Å². The summed E-state index contributed by atoms with van der Waals surface area (Å²) in [6, 6.07) is 7.58. The monoisotopic (exact) mass is 285 g/mol. The summed E-state index contributed by atoms with van der Waals surface area (Å²) in [5, 5.41) is 18.6. The van der Waals surface area contributed by atoms with Crippen LogP contribution < -0.4 is 0 Å². The van der Waals surface area contributed by atoms with Crippen LogP contribution in [0.4, 0.5) is 0 Å². The molecule has 3 heteroatoms. The topological polar surface area (TPSA) is 44.0 Å². The summed E-state index contributed by atoms with van der Waals surface area (Å²) in [7, 11) is 0. The van der Waals surface area contributed by atoms with Crippen molar-refractivity contribution >= 4 is 22.6 Å². The number of aryl methyl sites for hydroxylation is 1. The van der Waals surface area contributed by atoms with Crippen molar-refractivity contribution in [3.63, 3.8) is 0 Å². The van der Waals surface area contributed by atoms with Gasteiger partial charge in [-0.2, -0.15) is 5.26 Å². The molecule has 13 heavy (non-hydrogen) atoms. The predicted molar refractivity (Wildman–Crippen MR) is 57.4 cm³/mol. The van der Waals surface area contributed by atoms with Crippen LogP contribution in [-0.4, -0.2) is 5.11 Å². The number of alkyl halides is 1. The number of rotatable bonds is 0. The van der Waals surface area contributed by atoms with Crippen LogP contribution in [0.2, 0.25) is 0 Å². The van der Waals surface area contributed by atoms with Crippen molar-refractivity contribution in [2.75, 3.05) is 0 Å². The number of halogens is 1. The van der Waals surface area contributed by atoms with Crippen LogP contribution in [0.1, 0.15) is 23.1 Å². The molecule has 1 aromatic carbocycles. The van der Waals surface area contributed by atoms with Gasteiger partial charge in [-0.05, 0) is 58.7 Å². The highest BCUT2D eigenvalue weighted by Crippen LogP contribution is 2.42. The average Bonchev–Trinajstić information content (AvgIpc) is 2.42. The zero-order chi connectivity index (χ0) is 9.47. The molecule has 0 spiro atoms. The largest absolute Gasteiger partial charge is 0.375 e. The lowest BCUT2D eigenvalue weighted by Crippen LogP contribution is -2.11. The number of hydrogen-bond donors (Lipinski definition) is 1.